The second kappa shape index (κ2) is 5.97. The Morgan fingerprint density at radius 2 is 1.52 bits per heavy atom. The first-order chi connectivity index (χ1) is 11.7. The van der Waals surface area contributed by atoms with E-state index in [1.807, 2.05) is 26.0 Å². The lowest BCUT2D eigenvalue weighted by Gasteiger charge is -2.10. The van der Waals surface area contributed by atoms with Gasteiger partial charge >= 0.3 is 5.97 Å². The number of sulfone groups is 1. The van der Waals surface area contributed by atoms with Crippen LogP contribution in [0.5, 0.6) is 0 Å². The molecule has 3 atom stereocenters. The van der Waals surface area contributed by atoms with Gasteiger partial charge < -0.3 is 10.8 Å². The van der Waals surface area contributed by atoms with Crippen molar-refractivity contribution in [2.75, 3.05) is 6.54 Å². The lowest BCUT2D eigenvalue weighted by Crippen LogP contribution is -2.31. The fraction of sp³-hybridized carbons (Fsp3) is 0.316. The Hall–Kier alpha value is -2.18. The first-order valence-electron chi connectivity index (χ1n) is 8.05. The molecule has 6 heteroatoms. The zero-order chi connectivity index (χ0) is 18.4. The van der Waals surface area contributed by atoms with Crippen molar-refractivity contribution < 1.29 is 18.3 Å². The molecule has 1 aliphatic carbocycles. The van der Waals surface area contributed by atoms with Gasteiger partial charge in [0.15, 0.2) is 9.84 Å². The first kappa shape index (κ1) is 17.6. The summed E-state index contributed by atoms with van der Waals surface area (Å²) in [7, 11) is -3.82. The number of hydrogen-bond donors (Lipinski definition) is 2. The van der Waals surface area contributed by atoms with Crippen molar-refractivity contribution in [1.82, 2.24) is 0 Å². The summed E-state index contributed by atoms with van der Waals surface area (Å²) in [5.41, 5.74) is 6.94. The highest BCUT2D eigenvalue weighted by molar-refractivity contribution is 7.92. The Morgan fingerprint density at radius 1 is 1.04 bits per heavy atom. The molecule has 1 saturated carbocycles. The van der Waals surface area contributed by atoms with Gasteiger partial charge in [-0.3, -0.25) is 4.79 Å². The molecule has 1 aliphatic rings. The topological polar surface area (TPSA) is 97.5 Å². The molecule has 0 spiro atoms. The Balaban J connectivity index is 2.10. The fourth-order valence-electron chi connectivity index (χ4n) is 3.57. The second-order valence-electron chi connectivity index (χ2n) is 6.72. The largest absolute Gasteiger partial charge is 0.481 e. The third-order valence-electron chi connectivity index (χ3n) is 5.11. The number of carbonyl (C=O) groups is 1. The van der Waals surface area contributed by atoms with E-state index in [2.05, 4.69) is 0 Å². The van der Waals surface area contributed by atoms with E-state index < -0.39 is 32.4 Å². The summed E-state index contributed by atoms with van der Waals surface area (Å²) in [4.78, 5) is 12.1. The molecule has 0 radical (unpaired) electrons. The number of benzene rings is 2. The monoisotopic (exact) mass is 359 g/mol. The van der Waals surface area contributed by atoms with E-state index in [4.69, 9.17) is 5.73 Å². The lowest BCUT2D eigenvalue weighted by molar-refractivity contribution is -0.143. The van der Waals surface area contributed by atoms with Gasteiger partial charge in [0, 0.05) is 12.5 Å². The van der Waals surface area contributed by atoms with Gasteiger partial charge in [-0.05, 0) is 31.5 Å². The summed E-state index contributed by atoms with van der Waals surface area (Å²) in [6.07, 6.45) is 0. The zero-order valence-electron chi connectivity index (χ0n) is 14.1. The van der Waals surface area contributed by atoms with Crippen molar-refractivity contribution in [2.45, 2.75) is 29.9 Å². The summed E-state index contributed by atoms with van der Waals surface area (Å²) >= 11 is 0. The predicted octanol–water partition coefficient (Wildman–Crippen LogP) is 2.27. The maximum Gasteiger partial charge on any atom is 0.312 e. The maximum absolute atomic E-state index is 13.1. The van der Waals surface area contributed by atoms with Crippen LogP contribution in [0, 0.1) is 19.3 Å². The second-order valence-corrected chi connectivity index (χ2v) is 8.79. The lowest BCUT2D eigenvalue weighted by atomic mass is 9.99. The van der Waals surface area contributed by atoms with Gasteiger partial charge in [-0.2, -0.15) is 0 Å². The van der Waals surface area contributed by atoms with Crippen LogP contribution < -0.4 is 5.73 Å². The number of hydrogen-bond acceptors (Lipinski definition) is 4. The summed E-state index contributed by atoms with van der Waals surface area (Å²) in [5.74, 6) is -1.82. The average Bonchev–Trinajstić information content (AvgIpc) is 3.27. The van der Waals surface area contributed by atoms with Gasteiger partial charge in [0.1, 0.15) is 5.41 Å². The van der Waals surface area contributed by atoms with Crippen molar-refractivity contribution in [2.24, 2.45) is 11.1 Å². The van der Waals surface area contributed by atoms with E-state index in [9.17, 15) is 18.3 Å². The SMILES string of the molecule is Cc1ccc([C@@H]2[C@H](S(=O)(=O)c3ccc(C)cc3)[C@@]2(CN)C(=O)O)cc1. The van der Waals surface area contributed by atoms with Gasteiger partial charge in [0.25, 0.3) is 0 Å². The minimum absolute atomic E-state index is 0.136. The molecule has 0 saturated heterocycles. The molecule has 132 valence electrons. The summed E-state index contributed by atoms with van der Waals surface area (Å²) in [6.45, 7) is 3.56. The van der Waals surface area contributed by atoms with Gasteiger partial charge in [-0.25, -0.2) is 8.42 Å². The van der Waals surface area contributed by atoms with Gasteiger partial charge in [0.05, 0.1) is 10.1 Å². The quantitative estimate of drug-likeness (QED) is 0.853. The number of aryl methyl sites for hydroxylation is 2. The highest BCUT2D eigenvalue weighted by Gasteiger charge is 2.75. The molecule has 1 fully saturated rings. The van der Waals surface area contributed by atoms with Crippen molar-refractivity contribution in [3.8, 4) is 0 Å². The van der Waals surface area contributed by atoms with Crippen molar-refractivity contribution in [3.63, 3.8) is 0 Å². The minimum Gasteiger partial charge on any atom is -0.481 e. The summed E-state index contributed by atoms with van der Waals surface area (Å²) < 4.78 is 26.2. The maximum atomic E-state index is 13.1. The first-order valence-corrected chi connectivity index (χ1v) is 9.60. The van der Waals surface area contributed by atoms with Crippen LogP contribution in [0.1, 0.15) is 22.6 Å². The minimum atomic E-state index is -3.82. The number of carboxylic acid groups (broad SMARTS) is 1. The van der Waals surface area contributed by atoms with Crippen molar-refractivity contribution in [1.29, 1.82) is 0 Å². The molecule has 0 heterocycles. The molecule has 0 aliphatic heterocycles. The molecule has 2 aromatic carbocycles. The molecule has 0 bridgehead atoms. The van der Waals surface area contributed by atoms with Crippen LogP contribution in [-0.2, 0) is 14.6 Å². The molecule has 0 aromatic heterocycles. The molecule has 0 amide bonds. The summed E-state index contributed by atoms with van der Waals surface area (Å²) in [6, 6.07) is 13.8. The van der Waals surface area contributed by atoms with Crippen LogP contribution in [0.2, 0.25) is 0 Å². The molecule has 3 rings (SSSR count). The van der Waals surface area contributed by atoms with Crippen LogP contribution in [0.15, 0.2) is 53.4 Å². The number of aliphatic carboxylic acids is 1. The third-order valence-corrected chi connectivity index (χ3v) is 7.40. The Bertz CT molecular complexity index is 903. The standard InChI is InChI=1S/C19H21NO4S/c1-12-3-7-14(8-4-12)16-17(19(16,11-20)18(21)22)25(23,24)15-9-5-13(2)6-10-15/h3-10,16-17H,11,20H2,1-2H3,(H,21,22)/t16-,17+,19+/m1/s1. The van der Waals surface area contributed by atoms with E-state index in [0.29, 0.717) is 5.56 Å². The van der Waals surface area contributed by atoms with Gasteiger partial charge in [-0.1, -0.05) is 47.5 Å². The fourth-order valence-corrected chi connectivity index (χ4v) is 5.95. The molecule has 2 aromatic rings. The average molecular weight is 359 g/mol. The van der Waals surface area contributed by atoms with E-state index in [1.54, 1.807) is 24.3 Å². The van der Waals surface area contributed by atoms with Crippen LogP contribution >= 0.6 is 0 Å². The van der Waals surface area contributed by atoms with E-state index in [1.165, 1.54) is 12.1 Å². The molecular weight excluding hydrogens is 338 g/mol. The molecule has 0 unspecified atom stereocenters. The molecule has 25 heavy (non-hydrogen) atoms. The molecule has 5 nitrogen and oxygen atoms in total. The summed E-state index contributed by atoms with van der Waals surface area (Å²) in [5, 5.41) is 8.71. The van der Waals surface area contributed by atoms with Crippen LogP contribution in [0.3, 0.4) is 0 Å². The van der Waals surface area contributed by atoms with Gasteiger partial charge in [0.2, 0.25) is 0 Å². The Labute approximate surface area is 147 Å². The van der Waals surface area contributed by atoms with Crippen LogP contribution in [0.4, 0.5) is 0 Å². The number of rotatable bonds is 5. The highest BCUT2D eigenvalue weighted by Crippen LogP contribution is 2.63. The van der Waals surface area contributed by atoms with Crippen LogP contribution in [-0.4, -0.2) is 31.3 Å². The Kier molecular flexibility index (Phi) is 4.21. The molecular formula is C19H21NO4S. The van der Waals surface area contributed by atoms with Crippen molar-refractivity contribution >= 4 is 15.8 Å². The van der Waals surface area contributed by atoms with Gasteiger partial charge in [-0.15, -0.1) is 0 Å². The normalized spacial score (nSPS) is 25.6. The predicted molar refractivity (Wildman–Crippen MR) is 95.2 cm³/mol. The van der Waals surface area contributed by atoms with Crippen molar-refractivity contribution in [3.05, 3.63) is 65.2 Å². The number of carboxylic acids is 1. The van der Waals surface area contributed by atoms with Crippen LogP contribution in [0.25, 0.3) is 0 Å². The molecule has 3 N–H and O–H groups in total. The van der Waals surface area contributed by atoms with E-state index in [0.717, 1.165) is 11.1 Å². The smallest absolute Gasteiger partial charge is 0.312 e. The number of nitrogens with two attached hydrogens (primary N) is 1. The Morgan fingerprint density at radius 3 is 1.96 bits per heavy atom. The zero-order valence-corrected chi connectivity index (χ0v) is 15.0. The van der Waals surface area contributed by atoms with E-state index in [-0.39, 0.29) is 11.4 Å². The third kappa shape index (κ3) is 2.65. The highest BCUT2D eigenvalue weighted by atomic mass is 32.2. The van der Waals surface area contributed by atoms with E-state index >= 15 is 0 Å².